The quantitative estimate of drug-likeness (QED) is 0.868. The summed E-state index contributed by atoms with van der Waals surface area (Å²) in [6, 6.07) is 0.0754. The zero-order chi connectivity index (χ0) is 14.6. The Balaban J connectivity index is 1.47. The summed E-state index contributed by atoms with van der Waals surface area (Å²) in [5.74, 6) is 3.52. The van der Waals surface area contributed by atoms with Crippen LogP contribution < -0.4 is 0 Å². The standard InChI is InChI=1S/C18H29NO2/c1-12-2-3-19(16(12)11-20)17(21)10-18-7-13-4-14(8-18)6-15(5-13)9-18/h12-16,20H,2-11H2,1H3. The van der Waals surface area contributed by atoms with Crippen molar-refractivity contribution >= 4 is 5.91 Å². The Morgan fingerprint density at radius 3 is 2.24 bits per heavy atom. The SMILES string of the molecule is CC1CCN(C(=O)CC23CC4CC(CC(C4)C2)C3)C1CO. The maximum atomic E-state index is 12.9. The van der Waals surface area contributed by atoms with Crippen LogP contribution in [0.25, 0.3) is 0 Å². The van der Waals surface area contributed by atoms with E-state index in [0.717, 1.165) is 37.1 Å². The predicted octanol–water partition coefficient (Wildman–Crippen LogP) is 2.82. The summed E-state index contributed by atoms with van der Waals surface area (Å²) in [4.78, 5) is 14.9. The van der Waals surface area contributed by atoms with Gasteiger partial charge < -0.3 is 10.0 Å². The van der Waals surface area contributed by atoms with Gasteiger partial charge in [0, 0.05) is 13.0 Å². The molecule has 0 aromatic heterocycles. The summed E-state index contributed by atoms with van der Waals surface area (Å²) in [5, 5.41) is 9.59. The van der Waals surface area contributed by atoms with Crippen LogP contribution in [-0.4, -0.2) is 35.1 Å². The molecule has 4 aliphatic carbocycles. The topological polar surface area (TPSA) is 40.5 Å². The average molecular weight is 291 g/mol. The lowest BCUT2D eigenvalue weighted by Crippen LogP contribution is -2.49. The fourth-order valence-corrected chi connectivity index (χ4v) is 6.53. The van der Waals surface area contributed by atoms with Crippen LogP contribution in [0.3, 0.4) is 0 Å². The fraction of sp³-hybridized carbons (Fsp3) is 0.944. The van der Waals surface area contributed by atoms with Crippen LogP contribution in [0.4, 0.5) is 0 Å². The average Bonchev–Trinajstić information content (AvgIpc) is 2.77. The van der Waals surface area contributed by atoms with E-state index in [9.17, 15) is 9.90 Å². The molecule has 5 fully saturated rings. The highest BCUT2D eigenvalue weighted by atomic mass is 16.3. The maximum Gasteiger partial charge on any atom is 0.223 e. The Morgan fingerprint density at radius 1 is 1.14 bits per heavy atom. The summed E-state index contributed by atoms with van der Waals surface area (Å²) < 4.78 is 0. The summed E-state index contributed by atoms with van der Waals surface area (Å²) >= 11 is 0. The minimum Gasteiger partial charge on any atom is -0.394 e. The van der Waals surface area contributed by atoms with Crippen LogP contribution in [0, 0.1) is 29.1 Å². The summed E-state index contributed by atoms with van der Waals surface area (Å²) in [6.45, 7) is 3.16. The largest absolute Gasteiger partial charge is 0.394 e. The van der Waals surface area contributed by atoms with Crippen molar-refractivity contribution in [2.24, 2.45) is 29.1 Å². The Kier molecular flexibility index (Phi) is 3.33. The van der Waals surface area contributed by atoms with E-state index in [1.54, 1.807) is 0 Å². The van der Waals surface area contributed by atoms with Crippen molar-refractivity contribution in [2.45, 2.75) is 64.3 Å². The van der Waals surface area contributed by atoms with Crippen molar-refractivity contribution in [3.05, 3.63) is 0 Å². The van der Waals surface area contributed by atoms with Crippen molar-refractivity contribution in [3.8, 4) is 0 Å². The van der Waals surface area contributed by atoms with Gasteiger partial charge in [0.05, 0.1) is 12.6 Å². The molecule has 1 heterocycles. The number of hydrogen-bond donors (Lipinski definition) is 1. The van der Waals surface area contributed by atoms with Crippen LogP contribution >= 0.6 is 0 Å². The molecule has 4 bridgehead atoms. The predicted molar refractivity (Wildman–Crippen MR) is 81.6 cm³/mol. The lowest BCUT2D eigenvalue weighted by atomic mass is 9.49. The molecule has 1 aliphatic heterocycles. The summed E-state index contributed by atoms with van der Waals surface area (Å²) in [5.41, 5.74) is 0.331. The van der Waals surface area contributed by atoms with Crippen molar-refractivity contribution in [2.75, 3.05) is 13.2 Å². The first-order chi connectivity index (χ1) is 10.1. The lowest BCUT2D eigenvalue weighted by Gasteiger charge is -2.57. The van der Waals surface area contributed by atoms with Gasteiger partial charge in [-0.1, -0.05) is 6.92 Å². The van der Waals surface area contributed by atoms with E-state index in [1.807, 2.05) is 4.90 Å². The van der Waals surface area contributed by atoms with E-state index >= 15 is 0 Å². The monoisotopic (exact) mass is 291 g/mol. The number of amides is 1. The van der Waals surface area contributed by atoms with Crippen LogP contribution in [0.1, 0.15) is 58.3 Å². The molecule has 4 saturated carbocycles. The summed E-state index contributed by atoms with van der Waals surface area (Å²) in [7, 11) is 0. The third-order valence-electron chi connectivity index (χ3n) is 7.08. The van der Waals surface area contributed by atoms with Gasteiger partial charge in [-0.25, -0.2) is 0 Å². The number of nitrogens with zero attached hydrogens (tertiary/aromatic N) is 1. The van der Waals surface area contributed by atoms with Gasteiger partial charge in [-0.15, -0.1) is 0 Å². The number of carbonyl (C=O) groups excluding carboxylic acids is 1. The molecule has 5 rings (SSSR count). The van der Waals surface area contributed by atoms with E-state index < -0.39 is 0 Å². The first-order valence-corrected chi connectivity index (χ1v) is 8.99. The highest BCUT2D eigenvalue weighted by Crippen LogP contribution is 2.61. The Bertz CT molecular complexity index is 398. The first-order valence-electron chi connectivity index (χ1n) is 8.99. The minimum absolute atomic E-state index is 0.0754. The molecule has 1 N–H and O–H groups in total. The molecule has 0 aromatic carbocycles. The molecule has 3 heteroatoms. The van der Waals surface area contributed by atoms with Crippen LogP contribution in [0.5, 0.6) is 0 Å². The van der Waals surface area contributed by atoms with Crippen molar-refractivity contribution in [1.29, 1.82) is 0 Å². The summed E-state index contributed by atoms with van der Waals surface area (Å²) in [6.07, 6.45) is 10.0. The molecule has 2 atom stereocenters. The molecular weight excluding hydrogens is 262 g/mol. The van der Waals surface area contributed by atoms with Gasteiger partial charge in [-0.05, 0) is 74.0 Å². The third-order valence-corrected chi connectivity index (χ3v) is 7.08. The maximum absolute atomic E-state index is 12.9. The van der Waals surface area contributed by atoms with Crippen LogP contribution in [-0.2, 0) is 4.79 Å². The second kappa shape index (κ2) is 4.97. The second-order valence-electron chi connectivity index (χ2n) is 8.70. The van der Waals surface area contributed by atoms with Crippen molar-refractivity contribution in [1.82, 2.24) is 4.90 Å². The molecule has 0 spiro atoms. The van der Waals surface area contributed by atoms with E-state index in [4.69, 9.17) is 0 Å². The molecule has 21 heavy (non-hydrogen) atoms. The van der Waals surface area contributed by atoms with Crippen molar-refractivity contribution < 1.29 is 9.90 Å². The fourth-order valence-electron chi connectivity index (χ4n) is 6.53. The number of rotatable bonds is 3. The Morgan fingerprint density at radius 2 is 1.71 bits per heavy atom. The van der Waals surface area contributed by atoms with Crippen LogP contribution in [0.2, 0.25) is 0 Å². The smallest absolute Gasteiger partial charge is 0.223 e. The Labute approximate surface area is 128 Å². The molecule has 0 aromatic rings. The third kappa shape index (κ3) is 2.32. The molecule has 3 nitrogen and oxygen atoms in total. The van der Waals surface area contributed by atoms with Crippen molar-refractivity contribution in [3.63, 3.8) is 0 Å². The van der Waals surface area contributed by atoms with E-state index in [2.05, 4.69) is 6.92 Å². The van der Waals surface area contributed by atoms with Gasteiger partial charge in [0.1, 0.15) is 0 Å². The first kappa shape index (κ1) is 14.0. The van der Waals surface area contributed by atoms with Gasteiger partial charge in [-0.3, -0.25) is 4.79 Å². The van der Waals surface area contributed by atoms with Gasteiger partial charge in [-0.2, -0.15) is 0 Å². The molecule has 5 aliphatic rings. The molecule has 1 saturated heterocycles. The highest BCUT2D eigenvalue weighted by molar-refractivity contribution is 5.77. The molecule has 118 valence electrons. The number of likely N-dealkylation sites (tertiary alicyclic amines) is 1. The molecule has 0 radical (unpaired) electrons. The molecule has 2 unspecified atom stereocenters. The number of carbonyl (C=O) groups is 1. The van der Waals surface area contributed by atoms with Gasteiger partial charge in [0.25, 0.3) is 0 Å². The normalized spacial score (nSPS) is 48.1. The zero-order valence-corrected chi connectivity index (χ0v) is 13.3. The molecule has 1 amide bonds. The van der Waals surface area contributed by atoms with E-state index in [1.165, 1.54) is 38.5 Å². The number of aliphatic hydroxyl groups excluding tert-OH is 1. The van der Waals surface area contributed by atoms with Gasteiger partial charge >= 0.3 is 0 Å². The minimum atomic E-state index is 0.0754. The van der Waals surface area contributed by atoms with Gasteiger partial charge in [0.15, 0.2) is 0 Å². The highest BCUT2D eigenvalue weighted by Gasteiger charge is 2.52. The number of aliphatic hydroxyl groups is 1. The second-order valence-corrected chi connectivity index (χ2v) is 8.70. The lowest BCUT2D eigenvalue weighted by molar-refractivity contribution is -0.141. The molecular formula is C18H29NO2. The van der Waals surface area contributed by atoms with E-state index in [0.29, 0.717) is 17.2 Å². The van der Waals surface area contributed by atoms with E-state index in [-0.39, 0.29) is 12.6 Å². The number of hydrogen-bond acceptors (Lipinski definition) is 2. The van der Waals surface area contributed by atoms with Gasteiger partial charge in [0.2, 0.25) is 5.91 Å². The Hall–Kier alpha value is -0.570. The zero-order valence-electron chi connectivity index (χ0n) is 13.3. The van der Waals surface area contributed by atoms with Crippen LogP contribution in [0.15, 0.2) is 0 Å².